The van der Waals surface area contributed by atoms with Crippen molar-refractivity contribution in [2.24, 2.45) is 5.92 Å². The lowest BCUT2D eigenvalue weighted by Gasteiger charge is -2.10. The van der Waals surface area contributed by atoms with Crippen molar-refractivity contribution in [1.29, 1.82) is 0 Å². The van der Waals surface area contributed by atoms with Crippen LogP contribution in [0.3, 0.4) is 0 Å². The second-order valence-electron chi connectivity index (χ2n) is 5.51. The zero-order chi connectivity index (χ0) is 14.7. The summed E-state index contributed by atoms with van der Waals surface area (Å²) in [4.78, 5) is 4.39. The van der Waals surface area contributed by atoms with Crippen LogP contribution in [0.25, 0.3) is 16.6 Å². The molecule has 3 rings (SSSR count). The summed E-state index contributed by atoms with van der Waals surface area (Å²) in [5.41, 5.74) is 3.03. The van der Waals surface area contributed by atoms with Crippen molar-refractivity contribution in [2.45, 2.75) is 20.4 Å². The molecule has 0 aliphatic heterocycles. The largest absolute Gasteiger partial charge is 0.311 e. The third kappa shape index (κ3) is 2.92. The van der Waals surface area contributed by atoms with E-state index in [2.05, 4.69) is 40.5 Å². The maximum atomic E-state index is 4.39. The fourth-order valence-corrected chi connectivity index (χ4v) is 2.34. The first-order chi connectivity index (χ1) is 10.3. The van der Waals surface area contributed by atoms with Crippen molar-refractivity contribution in [1.82, 2.24) is 25.3 Å². The average Bonchev–Trinajstić information content (AvgIpc) is 2.94. The van der Waals surface area contributed by atoms with E-state index in [1.807, 2.05) is 35.1 Å². The van der Waals surface area contributed by atoms with Gasteiger partial charge in [0.2, 0.25) is 0 Å². The van der Waals surface area contributed by atoms with E-state index in [-0.39, 0.29) is 0 Å². The third-order valence-electron chi connectivity index (χ3n) is 3.33. The molecule has 3 aromatic rings. The molecule has 2 heterocycles. The second kappa shape index (κ2) is 6.01. The summed E-state index contributed by atoms with van der Waals surface area (Å²) in [5.74, 6) is 0.621. The van der Waals surface area contributed by atoms with Gasteiger partial charge in [-0.1, -0.05) is 25.1 Å². The quantitative estimate of drug-likeness (QED) is 0.781. The third-order valence-corrected chi connectivity index (χ3v) is 3.33. The summed E-state index contributed by atoms with van der Waals surface area (Å²) in [5, 5.41) is 12.8. The summed E-state index contributed by atoms with van der Waals surface area (Å²) < 4.78 is 1.89. The van der Waals surface area contributed by atoms with Crippen molar-refractivity contribution in [2.75, 3.05) is 6.54 Å². The molecule has 5 nitrogen and oxygen atoms in total. The minimum atomic E-state index is 0.621. The van der Waals surface area contributed by atoms with Gasteiger partial charge in [0.05, 0.1) is 23.1 Å². The van der Waals surface area contributed by atoms with E-state index in [9.17, 15) is 0 Å². The van der Waals surface area contributed by atoms with Crippen LogP contribution in [0.2, 0.25) is 0 Å². The SMILES string of the molecule is CC(C)CNCc1cnnn1-c1cccc2ncccc12. The molecule has 0 amide bonds. The Morgan fingerprint density at radius 1 is 1.19 bits per heavy atom. The Morgan fingerprint density at radius 2 is 2.10 bits per heavy atom. The average molecular weight is 281 g/mol. The molecule has 0 unspecified atom stereocenters. The standard InChI is InChI=1S/C16H19N5/c1-12(2)9-17-10-13-11-19-20-21(13)16-7-3-6-15-14(16)5-4-8-18-15/h3-8,11-12,17H,9-10H2,1-2H3. The number of nitrogens with zero attached hydrogens (tertiary/aromatic N) is 4. The molecule has 0 aliphatic carbocycles. The topological polar surface area (TPSA) is 55.6 Å². The monoisotopic (exact) mass is 281 g/mol. The lowest BCUT2D eigenvalue weighted by molar-refractivity contribution is 0.542. The van der Waals surface area contributed by atoms with Crippen LogP contribution >= 0.6 is 0 Å². The van der Waals surface area contributed by atoms with Crippen LogP contribution in [-0.2, 0) is 6.54 Å². The molecule has 2 aromatic heterocycles. The van der Waals surface area contributed by atoms with E-state index in [1.165, 1.54) is 0 Å². The van der Waals surface area contributed by atoms with Crippen LogP contribution in [0.4, 0.5) is 0 Å². The van der Waals surface area contributed by atoms with Crippen LogP contribution < -0.4 is 5.32 Å². The van der Waals surface area contributed by atoms with Gasteiger partial charge in [-0.3, -0.25) is 4.98 Å². The van der Waals surface area contributed by atoms with Gasteiger partial charge in [-0.2, -0.15) is 0 Å². The van der Waals surface area contributed by atoms with Gasteiger partial charge in [0.1, 0.15) is 0 Å². The van der Waals surface area contributed by atoms with Crippen LogP contribution in [0, 0.1) is 5.92 Å². The minimum absolute atomic E-state index is 0.621. The molecule has 0 atom stereocenters. The number of aromatic nitrogens is 4. The Kier molecular flexibility index (Phi) is 3.92. The van der Waals surface area contributed by atoms with E-state index in [0.717, 1.165) is 35.4 Å². The van der Waals surface area contributed by atoms with Gasteiger partial charge in [0, 0.05) is 18.1 Å². The van der Waals surface area contributed by atoms with Crippen molar-refractivity contribution < 1.29 is 0 Å². The van der Waals surface area contributed by atoms with Crippen molar-refractivity contribution in [3.63, 3.8) is 0 Å². The van der Waals surface area contributed by atoms with E-state index in [4.69, 9.17) is 0 Å². The fourth-order valence-electron chi connectivity index (χ4n) is 2.34. The molecule has 0 spiro atoms. The molecule has 5 heteroatoms. The molecule has 0 fully saturated rings. The molecule has 1 N–H and O–H groups in total. The number of nitrogens with one attached hydrogen (secondary N) is 1. The molecule has 0 saturated heterocycles. The number of benzene rings is 1. The van der Waals surface area contributed by atoms with Crippen molar-refractivity contribution in [3.05, 3.63) is 48.4 Å². The fraction of sp³-hybridized carbons (Fsp3) is 0.312. The highest BCUT2D eigenvalue weighted by atomic mass is 15.4. The van der Waals surface area contributed by atoms with Crippen LogP contribution in [0.15, 0.2) is 42.7 Å². The van der Waals surface area contributed by atoms with E-state index >= 15 is 0 Å². The summed E-state index contributed by atoms with van der Waals surface area (Å²) in [6.07, 6.45) is 3.61. The molecule has 0 radical (unpaired) electrons. The Balaban J connectivity index is 1.94. The highest BCUT2D eigenvalue weighted by Crippen LogP contribution is 2.20. The van der Waals surface area contributed by atoms with Gasteiger partial charge in [-0.05, 0) is 36.7 Å². The number of hydrogen-bond acceptors (Lipinski definition) is 4. The molecule has 1 aromatic carbocycles. The number of rotatable bonds is 5. The molecule has 108 valence electrons. The molecular weight excluding hydrogens is 262 g/mol. The van der Waals surface area contributed by atoms with Crippen LogP contribution in [0.5, 0.6) is 0 Å². The van der Waals surface area contributed by atoms with Gasteiger partial charge in [0.25, 0.3) is 0 Å². The predicted octanol–water partition coefficient (Wildman–Crippen LogP) is 2.56. The van der Waals surface area contributed by atoms with Crippen molar-refractivity contribution >= 4 is 10.9 Å². The summed E-state index contributed by atoms with van der Waals surface area (Å²) in [7, 11) is 0. The van der Waals surface area contributed by atoms with Crippen molar-refractivity contribution in [3.8, 4) is 5.69 Å². The highest BCUT2D eigenvalue weighted by Gasteiger charge is 2.09. The van der Waals surface area contributed by atoms with Gasteiger partial charge in [0.15, 0.2) is 0 Å². The van der Waals surface area contributed by atoms with E-state index in [1.54, 1.807) is 6.20 Å². The summed E-state index contributed by atoms with van der Waals surface area (Å²) >= 11 is 0. The first-order valence-corrected chi connectivity index (χ1v) is 7.20. The minimum Gasteiger partial charge on any atom is -0.311 e. The van der Waals surface area contributed by atoms with Gasteiger partial charge in [-0.15, -0.1) is 5.10 Å². The van der Waals surface area contributed by atoms with E-state index < -0.39 is 0 Å². The van der Waals surface area contributed by atoms with Crippen LogP contribution in [-0.4, -0.2) is 26.5 Å². The maximum Gasteiger partial charge on any atom is 0.0783 e. The highest BCUT2D eigenvalue weighted by molar-refractivity contribution is 5.86. The number of pyridine rings is 1. The van der Waals surface area contributed by atoms with Gasteiger partial charge >= 0.3 is 0 Å². The Morgan fingerprint density at radius 3 is 2.95 bits per heavy atom. The number of hydrogen-bond donors (Lipinski definition) is 1. The molecule has 21 heavy (non-hydrogen) atoms. The first-order valence-electron chi connectivity index (χ1n) is 7.20. The van der Waals surface area contributed by atoms with Gasteiger partial charge < -0.3 is 5.32 Å². The van der Waals surface area contributed by atoms with Crippen LogP contribution in [0.1, 0.15) is 19.5 Å². The summed E-state index contributed by atoms with van der Waals surface area (Å²) in [6, 6.07) is 10.1. The Labute approximate surface area is 124 Å². The lowest BCUT2D eigenvalue weighted by atomic mass is 10.2. The zero-order valence-corrected chi connectivity index (χ0v) is 12.3. The normalized spacial score (nSPS) is 11.4. The number of fused-ring (bicyclic) bond motifs is 1. The lowest BCUT2D eigenvalue weighted by Crippen LogP contribution is -2.20. The Hall–Kier alpha value is -2.27. The second-order valence-corrected chi connectivity index (χ2v) is 5.51. The molecule has 0 aliphatic rings. The molecule has 0 saturated carbocycles. The molecule has 0 bridgehead atoms. The Bertz CT molecular complexity index is 727. The smallest absolute Gasteiger partial charge is 0.0783 e. The van der Waals surface area contributed by atoms with E-state index in [0.29, 0.717) is 5.92 Å². The van der Waals surface area contributed by atoms with Gasteiger partial charge in [-0.25, -0.2) is 4.68 Å². The summed E-state index contributed by atoms with van der Waals surface area (Å²) in [6.45, 7) is 6.11. The molecular formula is C16H19N5. The maximum absolute atomic E-state index is 4.39. The first kappa shape index (κ1) is 13.7. The zero-order valence-electron chi connectivity index (χ0n) is 12.3. The predicted molar refractivity (Wildman–Crippen MR) is 83.2 cm³/mol.